The van der Waals surface area contributed by atoms with Crippen LogP contribution in [0.2, 0.25) is 0 Å². The van der Waals surface area contributed by atoms with Gasteiger partial charge < -0.3 is 4.74 Å². The molecule has 4 bridgehead atoms. The fourth-order valence-electron chi connectivity index (χ4n) is 7.01. The molecule has 0 spiro atoms. The monoisotopic (exact) mass is 230 g/mol. The SMILES string of the molecule is COC1CC2CC1C1C3CC(C4C=CCC43)C21. The fraction of sp³-hybridized carbons (Fsp3) is 0.875. The Hall–Kier alpha value is -0.300. The first-order valence-electron chi connectivity index (χ1n) is 7.58. The molecule has 1 nitrogen and oxygen atoms in total. The number of hydrogen-bond acceptors (Lipinski definition) is 1. The summed E-state index contributed by atoms with van der Waals surface area (Å²) in [5.41, 5.74) is 0. The number of rotatable bonds is 1. The summed E-state index contributed by atoms with van der Waals surface area (Å²) in [5.74, 6) is 8.29. The smallest absolute Gasteiger partial charge is 0.0605 e. The highest BCUT2D eigenvalue weighted by molar-refractivity contribution is 5.21. The van der Waals surface area contributed by atoms with Crippen LogP contribution in [0.3, 0.4) is 0 Å². The van der Waals surface area contributed by atoms with Crippen molar-refractivity contribution < 1.29 is 4.74 Å². The van der Waals surface area contributed by atoms with Gasteiger partial charge in [0, 0.05) is 7.11 Å². The van der Waals surface area contributed by atoms with Gasteiger partial charge in [-0.2, -0.15) is 0 Å². The lowest BCUT2D eigenvalue weighted by molar-refractivity contribution is -0.0192. The van der Waals surface area contributed by atoms with Crippen LogP contribution in [0, 0.1) is 47.3 Å². The van der Waals surface area contributed by atoms with E-state index in [1.165, 1.54) is 19.3 Å². The zero-order valence-corrected chi connectivity index (χ0v) is 10.6. The molecule has 0 aliphatic heterocycles. The average Bonchev–Trinajstić information content (AvgIpc) is 3.09. The van der Waals surface area contributed by atoms with Crippen LogP contribution in [0.15, 0.2) is 12.2 Å². The van der Waals surface area contributed by atoms with Crippen molar-refractivity contribution >= 4 is 0 Å². The molecule has 4 saturated carbocycles. The van der Waals surface area contributed by atoms with E-state index in [2.05, 4.69) is 12.2 Å². The van der Waals surface area contributed by atoms with Gasteiger partial charge in [0.05, 0.1) is 6.10 Å². The molecule has 9 atom stereocenters. The number of ether oxygens (including phenoxy) is 1. The molecule has 5 aliphatic carbocycles. The Morgan fingerprint density at radius 2 is 1.88 bits per heavy atom. The Balaban J connectivity index is 1.53. The van der Waals surface area contributed by atoms with Crippen LogP contribution >= 0.6 is 0 Å². The lowest BCUT2D eigenvalue weighted by Gasteiger charge is -2.42. The molecule has 0 amide bonds. The predicted molar refractivity (Wildman–Crippen MR) is 66.3 cm³/mol. The quantitative estimate of drug-likeness (QED) is 0.497. The summed E-state index contributed by atoms with van der Waals surface area (Å²) in [6.07, 6.45) is 11.5. The molecule has 0 N–H and O–H groups in total. The van der Waals surface area contributed by atoms with Crippen LogP contribution in [0.5, 0.6) is 0 Å². The van der Waals surface area contributed by atoms with Gasteiger partial charge in [-0.25, -0.2) is 0 Å². The summed E-state index contributed by atoms with van der Waals surface area (Å²) in [5, 5.41) is 0. The number of hydrogen-bond donors (Lipinski definition) is 0. The van der Waals surface area contributed by atoms with Gasteiger partial charge in [0.1, 0.15) is 0 Å². The first kappa shape index (κ1) is 9.61. The van der Waals surface area contributed by atoms with Crippen LogP contribution in [-0.2, 0) is 4.74 Å². The summed E-state index contributed by atoms with van der Waals surface area (Å²) in [6.45, 7) is 0. The van der Waals surface area contributed by atoms with Crippen LogP contribution in [0.25, 0.3) is 0 Å². The maximum atomic E-state index is 5.76. The second kappa shape index (κ2) is 2.99. The predicted octanol–water partition coefficient (Wildman–Crippen LogP) is 3.12. The summed E-state index contributed by atoms with van der Waals surface area (Å²) >= 11 is 0. The van der Waals surface area contributed by atoms with Crippen LogP contribution in [0.4, 0.5) is 0 Å². The first-order valence-corrected chi connectivity index (χ1v) is 7.58. The Labute approximate surface area is 104 Å². The molecule has 0 aromatic heterocycles. The fourth-order valence-corrected chi connectivity index (χ4v) is 7.01. The molecule has 0 aromatic carbocycles. The van der Waals surface area contributed by atoms with Gasteiger partial charge in [0.15, 0.2) is 0 Å². The molecule has 0 saturated heterocycles. The second-order valence-electron chi connectivity index (χ2n) is 7.29. The lowest BCUT2D eigenvalue weighted by Crippen LogP contribution is -2.40. The maximum Gasteiger partial charge on any atom is 0.0605 e. The highest BCUT2D eigenvalue weighted by Gasteiger charge is 2.67. The Bertz CT molecular complexity index is 387. The van der Waals surface area contributed by atoms with Gasteiger partial charge in [-0.3, -0.25) is 0 Å². The molecule has 17 heavy (non-hydrogen) atoms. The van der Waals surface area contributed by atoms with Gasteiger partial charge in [-0.15, -0.1) is 0 Å². The molecule has 5 rings (SSSR count). The van der Waals surface area contributed by atoms with E-state index in [1.54, 1.807) is 6.42 Å². The van der Waals surface area contributed by atoms with E-state index in [9.17, 15) is 0 Å². The van der Waals surface area contributed by atoms with Crippen molar-refractivity contribution in [1.29, 1.82) is 0 Å². The van der Waals surface area contributed by atoms with Crippen molar-refractivity contribution in [3.8, 4) is 0 Å². The molecule has 1 heteroatoms. The number of fused-ring (bicyclic) bond motifs is 12. The third kappa shape index (κ3) is 0.950. The van der Waals surface area contributed by atoms with E-state index in [1.807, 2.05) is 7.11 Å². The molecule has 5 aliphatic rings. The van der Waals surface area contributed by atoms with Crippen molar-refractivity contribution in [3.05, 3.63) is 12.2 Å². The van der Waals surface area contributed by atoms with Crippen LogP contribution < -0.4 is 0 Å². The van der Waals surface area contributed by atoms with Crippen LogP contribution in [-0.4, -0.2) is 13.2 Å². The second-order valence-corrected chi connectivity index (χ2v) is 7.29. The molecule has 0 radical (unpaired) electrons. The molecule has 9 unspecified atom stereocenters. The molecular weight excluding hydrogens is 208 g/mol. The van der Waals surface area contributed by atoms with Gasteiger partial charge >= 0.3 is 0 Å². The molecule has 4 fully saturated rings. The van der Waals surface area contributed by atoms with E-state index >= 15 is 0 Å². The van der Waals surface area contributed by atoms with Crippen LogP contribution in [0.1, 0.15) is 25.7 Å². The standard InChI is InChI=1S/C16H22O/c1-17-14-6-8-5-13(14)16-12-7-11(15(8)16)9-3-2-4-10(9)12/h2-3,8-16H,4-7H2,1H3. The van der Waals surface area contributed by atoms with E-state index < -0.39 is 0 Å². The Morgan fingerprint density at radius 1 is 0.941 bits per heavy atom. The van der Waals surface area contributed by atoms with Gasteiger partial charge in [0.25, 0.3) is 0 Å². The zero-order chi connectivity index (χ0) is 11.1. The maximum absolute atomic E-state index is 5.76. The van der Waals surface area contributed by atoms with Crippen molar-refractivity contribution in [2.45, 2.75) is 31.8 Å². The van der Waals surface area contributed by atoms with Crippen molar-refractivity contribution in [2.24, 2.45) is 47.3 Å². The minimum Gasteiger partial charge on any atom is -0.381 e. The van der Waals surface area contributed by atoms with E-state index in [-0.39, 0.29) is 0 Å². The average molecular weight is 230 g/mol. The topological polar surface area (TPSA) is 9.23 Å². The number of methoxy groups -OCH3 is 1. The van der Waals surface area contributed by atoms with Crippen molar-refractivity contribution in [1.82, 2.24) is 0 Å². The minimum absolute atomic E-state index is 0.619. The molecule has 92 valence electrons. The normalized spacial score (nSPS) is 65.6. The van der Waals surface area contributed by atoms with Crippen molar-refractivity contribution in [2.75, 3.05) is 7.11 Å². The van der Waals surface area contributed by atoms with Gasteiger partial charge in [-0.1, -0.05) is 12.2 Å². The van der Waals surface area contributed by atoms with E-state index in [0.29, 0.717) is 6.10 Å². The van der Waals surface area contributed by atoms with Crippen molar-refractivity contribution in [3.63, 3.8) is 0 Å². The highest BCUT2D eigenvalue weighted by atomic mass is 16.5. The molecule has 0 heterocycles. The third-order valence-corrected chi connectivity index (χ3v) is 7.21. The lowest BCUT2D eigenvalue weighted by atomic mass is 9.63. The third-order valence-electron chi connectivity index (χ3n) is 7.21. The summed E-state index contributed by atoms with van der Waals surface area (Å²) in [7, 11) is 1.94. The Kier molecular flexibility index (Phi) is 1.69. The molecular formula is C16H22O. The molecule has 0 aromatic rings. The zero-order valence-electron chi connectivity index (χ0n) is 10.6. The summed E-state index contributed by atoms with van der Waals surface area (Å²) in [6, 6.07) is 0. The number of allylic oxidation sites excluding steroid dienone is 2. The summed E-state index contributed by atoms with van der Waals surface area (Å²) in [4.78, 5) is 0. The summed E-state index contributed by atoms with van der Waals surface area (Å²) < 4.78 is 5.76. The first-order chi connectivity index (χ1) is 8.38. The van der Waals surface area contributed by atoms with Gasteiger partial charge in [0.2, 0.25) is 0 Å². The van der Waals surface area contributed by atoms with Gasteiger partial charge in [-0.05, 0) is 73.0 Å². The minimum atomic E-state index is 0.619. The Morgan fingerprint density at radius 3 is 2.76 bits per heavy atom. The highest BCUT2D eigenvalue weighted by Crippen LogP contribution is 2.72. The van der Waals surface area contributed by atoms with E-state index in [4.69, 9.17) is 4.74 Å². The van der Waals surface area contributed by atoms with E-state index in [0.717, 1.165) is 47.3 Å². The largest absolute Gasteiger partial charge is 0.381 e.